The molecule has 76 valence electrons. The van der Waals surface area contributed by atoms with Crippen LogP contribution in [0.15, 0.2) is 36.4 Å². The molecule has 1 aliphatic rings. The second kappa shape index (κ2) is 3.69. The monoisotopic (exact) mass is 201 g/mol. The topological polar surface area (TPSA) is 37.4 Å². The average molecular weight is 201 g/mol. The molecule has 15 heavy (non-hydrogen) atoms. The molecule has 0 fully saturated rings. The van der Waals surface area contributed by atoms with Crippen molar-refractivity contribution in [1.29, 1.82) is 0 Å². The van der Waals surface area contributed by atoms with Crippen LogP contribution in [0.25, 0.3) is 5.57 Å². The Hall–Kier alpha value is -1.90. The van der Waals surface area contributed by atoms with Crippen molar-refractivity contribution in [1.82, 2.24) is 4.90 Å². The van der Waals surface area contributed by atoms with E-state index in [4.69, 9.17) is 0 Å². The molecule has 0 aliphatic carbocycles. The van der Waals surface area contributed by atoms with Crippen molar-refractivity contribution >= 4 is 17.4 Å². The first kappa shape index (κ1) is 9.65. The lowest BCUT2D eigenvalue weighted by atomic mass is 9.99. The van der Waals surface area contributed by atoms with Gasteiger partial charge >= 0.3 is 0 Å². The molecule has 1 heterocycles. The maximum atomic E-state index is 11.5. The molecular weight excluding hydrogens is 190 g/mol. The second-order valence-corrected chi connectivity index (χ2v) is 3.50. The molecule has 1 aromatic rings. The summed E-state index contributed by atoms with van der Waals surface area (Å²) in [7, 11) is 1.50. The Balaban J connectivity index is 2.36. The Bertz CT molecular complexity index is 434. The number of nitrogens with zero attached hydrogens (tertiary/aromatic N) is 1. The first-order valence-corrected chi connectivity index (χ1v) is 4.75. The number of carbonyl (C=O) groups is 2. The number of hydrogen-bond acceptors (Lipinski definition) is 2. The van der Waals surface area contributed by atoms with Gasteiger partial charge in [0.15, 0.2) is 0 Å². The Morgan fingerprint density at radius 2 is 1.80 bits per heavy atom. The number of rotatable bonds is 1. The van der Waals surface area contributed by atoms with Gasteiger partial charge in [-0.05, 0) is 11.1 Å². The van der Waals surface area contributed by atoms with Gasteiger partial charge in [0.05, 0.1) is 6.42 Å². The van der Waals surface area contributed by atoms with E-state index in [1.165, 1.54) is 13.1 Å². The van der Waals surface area contributed by atoms with Crippen molar-refractivity contribution in [2.24, 2.45) is 0 Å². The molecule has 0 atom stereocenters. The molecule has 2 rings (SSSR count). The molecule has 0 saturated heterocycles. The quantitative estimate of drug-likeness (QED) is 0.645. The number of benzene rings is 1. The van der Waals surface area contributed by atoms with Gasteiger partial charge in [0.25, 0.3) is 5.91 Å². The van der Waals surface area contributed by atoms with Gasteiger partial charge in [-0.25, -0.2) is 0 Å². The molecule has 0 spiro atoms. The van der Waals surface area contributed by atoms with Gasteiger partial charge in [0.2, 0.25) is 5.91 Å². The van der Waals surface area contributed by atoms with Crippen LogP contribution >= 0.6 is 0 Å². The number of imide groups is 1. The molecule has 0 aromatic heterocycles. The summed E-state index contributed by atoms with van der Waals surface area (Å²) >= 11 is 0. The molecule has 3 heteroatoms. The standard InChI is InChI=1S/C12H11NO2/c1-13-11(14)7-10(8-12(13)15)9-5-3-2-4-6-9/h2-7H,8H2,1H3. The second-order valence-electron chi connectivity index (χ2n) is 3.50. The fourth-order valence-corrected chi connectivity index (χ4v) is 1.54. The van der Waals surface area contributed by atoms with Crippen molar-refractivity contribution < 1.29 is 9.59 Å². The van der Waals surface area contributed by atoms with E-state index in [1.54, 1.807) is 0 Å². The Morgan fingerprint density at radius 3 is 2.40 bits per heavy atom. The SMILES string of the molecule is CN1C(=O)C=C(c2ccccc2)CC1=O. The van der Waals surface area contributed by atoms with E-state index < -0.39 is 0 Å². The highest BCUT2D eigenvalue weighted by Gasteiger charge is 2.23. The van der Waals surface area contributed by atoms with E-state index >= 15 is 0 Å². The van der Waals surface area contributed by atoms with E-state index in [0.29, 0.717) is 6.42 Å². The molecule has 0 saturated carbocycles. The summed E-state index contributed by atoms with van der Waals surface area (Å²) in [4.78, 5) is 24.0. The lowest BCUT2D eigenvalue weighted by molar-refractivity contribution is -0.140. The zero-order chi connectivity index (χ0) is 10.8. The van der Waals surface area contributed by atoms with Crippen LogP contribution in [0.3, 0.4) is 0 Å². The molecule has 2 amide bonds. The smallest absolute Gasteiger partial charge is 0.253 e. The summed E-state index contributed by atoms with van der Waals surface area (Å²) < 4.78 is 0. The minimum Gasteiger partial charge on any atom is -0.282 e. The molecular formula is C12H11NO2. The van der Waals surface area contributed by atoms with Crippen molar-refractivity contribution in [2.75, 3.05) is 7.05 Å². The molecule has 1 aliphatic heterocycles. The third-order valence-electron chi connectivity index (χ3n) is 2.49. The Labute approximate surface area is 88.0 Å². The minimum absolute atomic E-state index is 0.152. The molecule has 0 N–H and O–H groups in total. The molecule has 3 nitrogen and oxygen atoms in total. The van der Waals surface area contributed by atoms with Gasteiger partial charge in [0.1, 0.15) is 0 Å². The van der Waals surface area contributed by atoms with Gasteiger partial charge in [0, 0.05) is 13.1 Å². The first-order chi connectivity index (χ1) is 7.18. The van der Waals surface area contributed by atoms with Crippen LogP contribution in [0, 0.1) is 0 Å². The van der Waals surface area contributed by atoms with Crippen molar-refractivity contribution in [3.8, 4) is 0 Å². The van der Waals surface area contributed by atoms with Crippen molar-refractivity contribution in [3.63, 3.8) is 0 Å². The van der Waals surface area contributed by atoms with Crippen molar-refractivity contribution in [3.05, 3.63) is 42.0 Å². The summed E-state index contributed by atoms with van der Waals surface area (Å²) in [6, 6.07) is 9.49. The lowest BCUT2D eigenvalue weighted by Crippen LogP contribution is -2.35. The van der Waals surface area contributed by atoms with Gasteiger partial charge in [-0.1, -0.05) is 30.3 Å². The molecule has 0 bridgehead atoms. The van der Waals surface area contributed by atoms with Gasteiger partial charge in [-0.2, -0.15) is 0 Å². The third-order valence-corrected chi connectivity index (χ3v) is 2.49. The number of amides is 2. The molecule has 1 aromatic carbocycles. The van der Waals surface area contributed by atoms with Crippen LogP contribution in [0.5, 0.6) is 0 Å². The highest BCUT2D eigenvalue weighted by atomic mass is 16.2. The van der Waals surface area contributed by atoms with Gasteiger partial charge < -0.3 is 0 Å². The highest BCUT2D eigenvalue weighted by molar-refractivity contribution is 6.11. The summed E-state index contributed by atoms with van der Waals surface area (Å²) in [6.45, 7) is 0. The summed E-state index contributed by atoms with van der Waals surface area (Å²) in [5.41, 5.74) is 1.73. The summed E-state index contributed by atoms with van der Waals surface area (Å²) in [5.74, 6) is -0.397. The largest absolute Gasteiger partial charge is 0.282 e. The van der Waals surface area contributed by atoms with Crippen LogP contribution in [-0.2, 0) is 9.59 Å². The van der Waals surface area contributed by atoms with E-state index in [1.807, 2.05) is 30.3 Å². The van der Waals surface area contributed by atoms with Crippen LogP contribution in [0.4, 0.5) is 0 Å². The predicted molar refractivity (Wildman–Crippen MR) is 56.8 cm³/mol. The predicted octanol–water partition coefficient (Wildman–Crippen LogP) is 1.46. The van der Waals surface area contributed by atoms with Crippen LogP contribution in [-0.4, -0.2) is 23.8 Å². The number of carbonyl (C=O) groups excluding carboxylic acids is 2. The highest BCUT2D eigenvalue weighted by Crippen LogP contribution is 2.22. The fraction of sp³-hybridized carbons (Fsp3) is 0.167. The summed E-state index contributed by atoms with van der Waals surface area (Å²) in [6.07, 6.45) is 1.82. The third kappa shape index (κ3) is 1.81. The fourth-order valence-electron chi connectivity index (χ4n) is 1.54. The van der Waals surface area contributed by atoms with E-state index in [-0.39, 0.29) is 11.8 Å². The Kier molecular flexibility index (Phi) is 2.37. The minimum atomic E-state index is -0.245. The van der Waals surface area contributed by atoms with E-state index in [0.717, 1.165) is 16.0 Å². The summed E-state index contributed by atoms with van der Waals surface area (Å²) in [5, 5.41) is 0. The van der Waals surface area contributed by atoms with Crippen LogP contribution in [0.1, 0.15) is 12.0 Å². The molecule has 0 unspecified atom stereocenters. The molecule has 0 radical (unpaired) electrons. The van der Waals surface area contributed by atoms with Crippen LogP contribution in [0.2, 0.25) is 0 Å². The van der Waals surface area contributed by atoms with E-state index in [2.05, 4.69) is 0 Å². The lowest BCUT2D eigenvalue weighted by Gasteiger charge is -2.20. The Morgan fingerprint density at radius 1 is 1.13 bits per heavy atom. The van der Waals surface area contributed by atoms with Gasteiger partial charge in [-0.15, -0.1) is 0 Å². The first-order valence-electron chi connectivity index (χ1n) is 4.75. The van der Waals surface area contributed by atoms with Crippen molar-refractivity contribution in [2.45, 2.75) is 6.42 Å². The zero-order valence-corrected chi connectivity index (χ0v) is 8.43. The number of hydrogen-bond donors (Lipinski definition) is 0. The maximum absolute atomic E-state index is 11.5. The van der Waals surface area contributed by atoms with Crippen LogP contribution < -0.4 is 0 Å². The normalized spacial score (nSPS) is 16.6. The average Bonchev–Trinajstić information content (AvgIpc) is 2.26. The zero-order valence-electron chi connectivity index (χ0n) is 8.43. The maximum Gasteiger partial charge on any atom is 0.253 e. The van der Waals surface area contributed by atoms with Gasteiger partial charge in [-0.3, -0.25) is 14.5 Å². The van der Waals surface area contributed by atoms with E-state index in [9.17, 15) is 9.59 Å². The number of likely N-dealkylation sites (N-methyl/N-ethyl adjacent to an activating group) is 1.